The standard InChI is InChI=1S/C26H33ClO2/c1-8-9-10-20-16-23(24(28)17(2)3)29-25(20)22(26(5,6)7)15-18(4)19-11-13-21(27)14-12-19/h10-17H,8-9H2,1-7H3/b18-15+,20-10+,25-22-. The van der Waals surface area contributed by atoms with Gasteiger partial charge >= 0.3 is 0 Å². The molecule has 0 amide bonds. The van der Waals surface area contributed by atoms with Gasteiger partial charge in [0.25, 0.3) is 0 Å². The summed E-state index contributed by atoms with van der Waals surface area (Å²) < 4.78 is 6.20. The maximum atomic E-state index is 12.6. The summed E-state index contributed by atoms with van der Waals surface area (Å²) in [6, 6.07) is 9.75. The molecule has 29 heavy (non-hydrogen) atoms. The fourth-order valence-electron chi connectivity index (χ4n) is 3.11. The van der Waals surface area contributed by atoms with Gasteiger partial charge < -0.3 is 4.42 Å². The molecule has 0 saturated heterocycles. The normalized spacial score (nSPS) is 14.5. The molecule has 156 valence electrons. The van der Waals surface area contributed by atoms with E-state index in [0.717, 1.165) is 45.2 Å². The number of hydrogen-bond acceptors (Lipinski definition) is 2. The van der Waals surface area contributed by atoms with Gasteiger partial charge in [0, 0.05) is 21.7 Å². The van der Waals surface area contributed by atoms with Crippen LogP contribution in [0.5, 0.6) is 0 Å². The Kier molecular flexibility index (Phi) is 7.71. The Labute approximate surface area is 180 Å². The van der Waals surface area contributed by atoms with Crippen LogP contribution in [0.1, 0.15) is 77.4 Å². The zero-order valence-electron chi connectivity index (χ0n) is 18.7. The number of unbranched alkanes of at least 4 members (excludes halogenated alkanes) is 1. The third kappa shape index (κ3) is 5.96. The van der Waals surface area contributed by atoms with Gasteiger partial charge in [-0.15, -0.1) is 0 Å². The van der Waals surface area contributed by atoms with Crippen molar-refractivity contribution < 1.29 is 9.21 Å². The molecule has 2 nitrogen and oxygen atoms in total. The quantitative estimate of drug-likeness (QED) is 0.497. The van der Waals surface area contributed by atoms with Gasteiger partial charge in [-0.1, -0.05) is 83.8 Å². The topological polar surface area (TPSA) is 30.2 Å². The summed E-state index contributed by atoms with van der Waals surface area (Å²) in [5.41, 5.74) is 3.96. The first-order valence-electron chi connectivity index (χ1n) is 10.4. The molecular weight excluding hydrogens is 380 g/mol. The van der Waals surface area contributed by atoms with Crippen molar-refractivity contribution >= 4 is 34.6 Å². The lowest BCUT2D eigenvalue weighted by Gasteiger charge is -2.20. The first-order chi connectivity index (χ1) is 13.5. The van der Waals surface area contributed by atoms with Crippen molar-refractivity contribution in [2.75, 3.05) is 0 Å². The number of rotatable bonds is 6. The summed E-state index contributed by atoms with van der Waals surface area (Å²) >= 11 is 6.04. The first kappa shape index (κ1) is 23.2. The summed E-state index contributed by atoms with van der Waals surface area (Å²) in [6.07, 6.45) is 6.34. The van der Waals surface area contributed by atoms with Gasteiger partial charge in [-0.25, -0.2) is 0 Å². The van der Waals surface area contributed by atoms with Gasteiger partial charge in [0.15, 0.2) is 5.76 Å². The van der Waals surface area contributed by atoms with Gasteiger partial charge in [0.05, 0.1) is 0 Å². The molecule has 0 spiro atoms. The van der Waals surface area contributed by atoms with E-state index in [-0.39, 0.29) is 17.1 Å². The van der Waals surface area contributed by atoms with Crippen LogP contribution in [0.15, 0.2) is 40.8 Å². The van der Waals surface area contributed by atoms with Gasteiger partial charge in [-0.05, 0) is 48.1 Å². The highest BCUT2D eigenvalue weighted by atomic mass is 35.5. The van der Waals surface area contributed by atoms with E-state index in [1.807, 2.05) is 44.2 Å². The van der Waals surface area contributed by atoms with Gasteiger partial charge in [-0.2, -0.15) is 0 Å². The third-order valence-corrected chi connectivity index (χ3v) is 5.15. The Balaban J connectivity index is 2.79. The molecule has 0 radical (unpaired) electrons. The van der Waals surface area contributed by atoms with Crippen LogP contribution in [0.2, 0.25) is 5.02 Å². The van der Waals surface area contributed by atoms with Crippen LogP contribution < -0.4 is 10.6 Å². The van der Waals surface area contributed by atoms with E-state index >= 15 is 0 Å². The van der Waals surface area contributed by atoms with Crippen LogP contribution in [0.4, 0.5) is 0 Å². The lowest BCUT2D eigenvalue weighted by atomic mass is 9.84. The maximum absolute atomic E-state index is 12.6. The number of Topliss-reactive ketones (excluding diaryl/α,β-unsaturated/α-hetero) is 1. The second-order valence-electron chi connectivity index (χ2n) is 8.90. The van der Waals surface area contributed by atoms with Gasteiger partial charge in [-0.3, -0.25) is 4.79 Å². The van der Waals surface area contributed by atoms with Crippen molar-refractivity contribution in [1.82, 2.24) is 0 Å². The number of allylic oxidation sites excluding steroid dienone is 2. The van der Waals surface area contributed by atoms with E-state index in [9.17, 15) is 4.79 Å². The molecule has 0 unspecified atom stereocenters. The number of carbonyl (C=O) groups is 1. The average molecular weight is 413 g/mol. The smallest absolute Gasteiger partial charge is 0.200 e. The largest absolute Gasteiger partial charge is 0.453 e. The van der Waals surface area contributed by atoms with Crippen molar-refractivity contribution in [3.05, 3.63) is 63.4 Å². The highest BCUT2D eigenvalue weighted by Crippen LogP contribution is 2.30. The van der Waals surface area contributed by atoms with E-state index in [2.05, 4.69) is 46.8 Å². The predicted octanol–water partition coefficient (Wildman–Crippen LogP) is 6.65. The summed E-state index contributed by atoms with van der Waals surface area (Å²) in [7, 11) is 0. The molecular formula is C26H33ClO2. The van der Waals surface area contributed by atoms with E-state index in [4.69, 9.17) is 16.0 Å². The summed E-state index contributed by atoms with van der Waals surface area (Å²) in [6.45, 7) is 14.6. The van der Waals surface area contributed by atoms with Crippen LogP contribution in [0, 0.1) is 11.3 Å². The van der Waals surface area contributed by atoms with Crippen molar-refractivity contribution in [2.45, 2.75) is 61.3 Å². The molecule has 0 atom stereocenters. The van der Waals surface area contributed by atoms with Crippen molar-refractivity contribution in [2.24, 2.45) is 11.3 Å². The SMILES string of the molecule is CCC\C=c1/cc(C(=O)C(C)C)o/c1=C(/C=C(\C)c1ccc(Cl)cc1)C(C)(C)C. The monoisotopic (exact) mass is 412 g/mol. The molecule has 1 aromatic carbocycles. The number of halogens is 1. The molecule has 2 aromatic rings. The fourth-order valence-corrected chi connectivity index (χ4v) is 3.23. The minimum Gasteiger partial charge on any atom is -0.453 e. The Morgan fingerprint density at radius 2 is 1.79 bits per heavy atom. The average Bonchev–Trinajstić information content (AvgIpc) is 3.06. The van der Waals surface area contributed by atoms with Crippen molar-refractivity contribution in [3.8, 4) is 0 Å². The molecule has 0 aliphatic heterocycles. The molecule has 3 heteroatoms. The molecule has 0 saturated carbocycles. The Hall–Kier alpha value is -2.06. The van der Waals surface area contributed by atoms with Crippen molar-refractivity contribution in [1.29, 1.82) is 0 Å². The number of carbonyl (C=O) groups excluding carboxylic acids is 1. The summed E-state index contributed by atoms with van der Waals surface area (Å²) in [5.74, 6) is 0.378. The zero-order chi connectivity index (χ0) is 21.8. The zero-order valence-corrected chi connectivity index (χ0v) is 19.5. The number of benzene rings is 1. The second-order valence-corrected chi connectivity index (χ2v) is 9.34. The van der Waals surface area contributed by atoms with Crippen LogP contribution >= 0.6 is 11.6 Å². The molecule has 1 heterocycles. The number of ketones is 1. The molecule has 0 fully saturated rings. The molecule has 0 aliphatic carbocycles. The minimum atomic E-state index is -0.154. The lowest BCUT2D eigenvalue weighted by molar-refractivity contribution is 0.0909. The number of hydrogen-bond donors (Lipinski definition) is 0. The Morgan fingerprint density at radius 3 is 2.31 bits per heavy atom. The van der Waals surface area contributed by atoms with Gasteiger partial charge in [0.1, 0.15) is 5.42 Å². The molecule has 0 N–H and O–H groups in total. The highest BCUT2D eigenvalue weighted by Gasteiger charge is 2.21. The Morgan fingerprint density at radius 1 is 1.17 bits per heavy atom. The van der Waals surface area contributed by atoms with E-state index < -0.39 is 0 Å². The van der Waals surface area contributed by atoms with E-state index in [0.29, 0.717) is 5.76 Å². The predicted molar refractivity (Wildman–Crippen MR) is 124 cm³/mol. The lowest BCUT2D eigenvalue weighted by Crippen LogP contribution is -2.27. The Bertz CT molecular complexity index is 996. The maximum Gasteiger partial charge on any atom is 0.200 e. The summed E-state index contributed by atoms with van der Waals surface area (Å²) in [5, 5.41) is 1.72. The molecule has 0 aliphatic rings. The van der Waals surface area contributed by atoms with E-state index in [1.165, 1.54) is 0 Å². The fraction of sp³-hybridized carbons (Fsp3) is 0.423. The van der Waals surface area contributed by atoms with Gasteiger partial charge in [0.2, 0.25) is 5.78 Å². The first-order valence-corrected chi connectivity index (χ1v) is 10.8. The van der Waals surface area contributed by atoms with Crippen LogP contribution in [0.25, 0.3) is 17.2 Å². The van der Waals surface area contributed by atoms with Crippen LogP contribution in [-0.4, -0.2) is 5.78 Å². The molecule has 2 rings (SSSR count). The number of furan rings is 1. The highest BCUT2D eigenvalue weighted by molar-refractivity contribution is 6.30. The van der Waals surface area contributed by atoms with Crippen molar-refractivity contribution in [3.63, 3.8) is 0 Å². The van der Waals surface area contributed by atoms with E-state index in [1.54, 1.807) is 0 Å². The van der Waals surface area contributed by atoms with Crippen LogP contribution in [-0.2, 0) is 0 Å². The molecule has 0 bridgehead atoms. The molecule has 1 aromatic heterocycles. The second kappa shape index (κ2) is 9.63. The van der Waals surface area contributed by atoms with Crippen LogP contribution in [0.3, 0.4) is 0 Å². The summed E-state index contributed by atoms with van der Waals surface area (Å²) in [4.78, 5) is 12.6. The third-order valence-electron chi connectivity index (χ3n) is 4.89. The minimum absolute atomic E-state index is 0.0362.